The Morgan fingerprint density at radius 2 is 1.75 bits per heavy atom. The highest BCUT2D eigenvalue weighted by Gasteiger charge is 2.19. The lowest BCUT2D eigenvalue weighted by molar-refractivity contribution is 0.486. The molecule has 0 bridgehead atoms. The molecule has 0 aliphatic heterocycles. The summed E-state index contributed by atoms with van der Waals surface area (Å²) in [6.07, 6.45) is 2.60. The molecule has 122 valence electrons. The third-order valence-corrected chi connectivity index (χ3v) is 4.84. The first-order valence-electron chi connectivity index (χ1n) is 7.54. The van der Waals surface area contributed by atoms with Crippen LogP contribution in [0.15, 0.2) is 36.5 Å². The van der Waals surface area contributed by atoms with E-state index >= 15 is 0 Å². The Hall–Kier alpha value is -2.60. The van der Waals surface area contributed by atoms with Crippen LogP contribution in [0.25, 0.3) is 32.6 Å². The highest BCUT2D eigenvalue weighted by Crippen LogP contribution is 2.39. The van der Waals surface area contributed by atoms with Crippen LogP contribution in [0.5, 0.6) is 5.88 Å². The molecule has 0 spiro atoms. The quantitative estimate of drug-likeness (QED) is 0.563. The van der Waals surface area contributed by atoms with Gasteiger partial charge in [-0.25, -0.2) is 4.98 Å². The van der Waals surface area contributed by atoms with E-state index in [4.69, 9.17) is 4.18 Å². The molecule has 4 rings (SSSR count). The molecule has 24 heavy (non-hydrogen) atoms. The normalized spacial score (nSPS) is 12.3. The van der Waals surface area contributed by atoms with Gasteiger partial charge in [0.25, 0.3) is 0 Å². The number of nitrogens with zero attached hydrogens (tertiary/aromatic N) is 1. The highest BCUT2D eigenvalue weighted by atomic mass is 32.2. The minimum absolute atomic E-state index is 0.128. The van der Waals surface area contributed by atoms with Gasteiger partial charge in [0.1, 0.15) is 0 Å². The van der Waals surface area contributed by atoms with Gasteiger partial charge in [0.2, 0.25) is 5.88 Å². The summed E-state index contributed by atoms with van der Waals surface area (Å²) in [5, 5.41) is 3.84. The Labute approximate surface area is 139 Å². The number of H-pyrrole nitrogens is 1. The van der Waals surface area contributed by atoms with Crippen LogP contribution >= 0.6 is 0 Å². The van der Waals surface area contributed by atoms with Crippen molar-refractivity contribution in [3.63, 3.8) is 0 Å². The predicted octanol–water partition coefficient (Wildman–Crippen LogP) is 3.82. The summed E-state index contributed by atoms with van der Waals surface area (Å²) >= 11 is 0. The van der Waals surface area contributed by atoms with E-state index in [9.17, 15) is 8.42 Å². The lowest BCUT2D eigenvalue weighted by Crippen LogP contribution is -2.08. The second kappa shape index (κ2) is 4.95. The molecule has 0 unspecified atom stereocenters. The molecular weight excluding hydrogens is 324 g/mol. The number of benzene rings is 2. The van der Waals surface area contributed by atoms with Crippen LogP contribution < -0.4 is 4.18 Å². The van der Waals surface area contributed by atoms with Crippen molar-refractivity contribution < 1.29 is 12.6 Å². The summed E-state index contributed by atoms with van der Waals surface area (Å²) in [4.78, 5) is 7.62. The number of nitrogens with one attached hydrogen (secondary N) is 1. The van der Waals surface area contributed by atoms with E-state index in [1.165, 1.54) is 0 Å². The SMILES string of the molecule is Cc1c2ccnc(OS(C)(=O)=O)c2c(C)c2c1[nH]c1ccccc12. The van der Waals surface area contributed by atoms with E-state index in [1.54, 1.807) is 6.20 Å². The number of hydrogen-bond acceptors (Lipinski definition) is 4. The molecule has 0 amide bonds. The number of rotatable bonds is 2. The number of hydrogen-bond donors (Lipinski definition) is 1. The fourth-order valence-corrected chi connectivity index (χ4v) is 3.81. The fraction of sp³-hybridized carbons (Fsp3) is 0.167. The van der Waals surface area contributed by atoms with Gasteiger partial charge in [-0.2, -0.15) is 8.42 Å². The maximum absolute atomic E-state index is 11.6. The van der Waals surface area contributed by atoms with E-state index in [2.05, 4.69) is 16.0 Å². The summed E-state index contributed by atoms with van der Waals surface area (Å²) < 4.78 is 28.3. The van der Waals surface area contributed by atoms with Crippen LogP contribution in [0.3, 0.4) is 0 Å². The van der Waals surface area contributed by atoms with Crippen molar-refractivity contribution in [3.8, 4) is 5.88 Å². The van der Waals surface area contributed by atoms with Gasteiger partial charge in [0.05, 0.1) is 11.8 Å². The molecule has 2 aromatic carbocycles. The van der Waals surface area contributed by atoms with Gasteiger partial charge < -0.3 is 9.17 Å². The standard InChI is InChI=1S/C18H16N2O3S/c1-10-12-8-9-19-18(23-24(3,21)22)16(12)11(2)15-13-6-4-5-7-14(13)20-17(10)15/h4-9,20H,1-3H3. The smallest absolute Gasteiger partial charge is 0.307 e. The van der Waals surface area contributed by atoms with Gasteiger partial charge in [-0.3, -0.25) is 0 Å². The zero-order valence-electron chi connectivity index (χ0n) is 13.5. The minimum atomic E-state index is -3.65. The zero-order chi connectivity index (χ0) is 17.1. The minimum Gasteiger partial charge on any atom is -0.361 e. The molecule has 2 aromatic heterocycles. The van der Waals surface area contributed by atoms with Gasteiger partial charge in [-0.05, 0) is 42.5 Å². The summed E-state index contributed by atoms with van der Waals surface area (Å²) in [6, 6.07) is 9.95. The van der Waals surface area contributed by atoms with Crippen LogP contribution in [0, 0.1) is 13.8 Å². The average molecular weight is 340 g/mol. The Morgan fingerprint density at radius 1 is 1.00 bits per heavy atom. The highest BCUT2D eigenvalue weighted by molar-refractivity contribution is 7.86. The summed E-state index contributed by atoms with van der Waals surface area (Å²) in [6.45, 7) is 3.99. The lowest BCUT2D eigenvalue weighted by atomic mass is 9.97. The van der Waals surface area contributed by atoms with E-state index in [0.717, 1.165) is 50.0 Å². The van der Waals surface area contributed by atoms with Crippen LogP contribution in [0.4, 0.5) is 0 Å². The monoisotopic (exact) mass is 340 g/mol. The van der Waals surface area contributed by atoms with E-state index in [1.807, 2.05) is 38.1 Å². The van der Waals surface area contributed by atoms with Crippen LogP contribution in [0.2, 0.25) is 0 Å². The van der Waals surface area contributed by atoms with Gasteiger partial charge in [0.15, 0.2) is 0 Å². The molecule has 6 heteroatoms. The molecular formula is C18H16N2O3S. The second-order valence-electron chi connectivity index (χ2n) is 6.00. The first-order valence-corrected chi connectivity index (χ1v) is 9.36. The zero-order valence-corrected chi connectivity index (χ0v) is 14.4. The Bertz CT molecular complexity index is 1220. The van der Waals surface area contributed by atoms with E-state index in [-0.39, 0.29) is 5.88 Å². The molecule has 0 radical (unpaired) electrons. The van der Waals surface area contributed by atoms with Gasteiger partial charge in [-0.15, -0.1) is 0 Å². The van der Waals surface area contributed by atoms with Gasteiger partial charge in [-0.1, -0.05) is 18.2 Å². The third-order valence-electron chi connectivity index (χ3n) is 4.38. The largest absolute Gasteiger partial charge is 0.361 e. The number of fused-ring (bicyclic) bond motifs is 4. The maximum Gasteiger partial charge on any atom is 0.307 e. The summed E-state index contributed by atoms with van der Waals surface area (Å²) in [5.41, 5.74) is 4.10. The maximum atomic E-state index is 11.6. The van der Waals surface area contributed by atoms with E-state index in [0.29, 0.717) is 0 Å². The molecule has 0 saturated heterocycles. The Morgan fingerprint density at radius 3 is 2.50 bits per heavy atom. The van der Waals surface area contributed by atoms with Crippen molar-refractivity contribution in [2.24, 2.45) is 0 Å². The Balaban J connectivity index is 2.23. The van der Waals surface area contributed by atoms with Crippen molar-refractivity contribution in [3.05, 3.63) is 47.7 Å². The molecule has 5 nitrogen and oxygen atoms in total. The molecule has 2 heterocycles. The average Bonchev–Trinajstić information content (AvgIpc) is 2.91. The van der Waals surface area contributed by atoms with E-state index < -0.39 is 10.1 Å². The van der Waals surface area contributed by atoms with Crippen molar-refractivity contribution in [1.29, 1.82) is 0 Å². The van der Waals surface area contributed by atoms with Crippen molar-refractivity contribution >= 4 is 42.7 Å². The molecule has 0 aliphatic rings. The van der Waals surface area contributed by atoms with Crippen LogP contribution in [-0.2, 0) is 10.1 Å². The number of pyridine rings is 1. The summed E-state index contributed by atoms with van der Waals surface area (Å²) in [5.74, 6) is 0.128. The number of aryl methyl sites for hydroxylation is 2. The van der Waals surface area contributed by atoms with Crippen molar-refractivity contribution in [2.45, 2.75) is 13.8 Å². The number of aromatic nitrogens is 2. The Kier molecular flexibility index (Phi) is 3.08. The van der Waals surface area contributed by atoms with Crippen molar-refractivity contribution in [2.75, 3.05) is 6.26 Å². The van der Waals surface area contributed by atoms with Gasteiger partial charge in [0, 0.05) is 27.9 Å². The predicted molar refractivity (Wildman–Crippen MR) is 96.1 cm³/mol. The lowest BCUT2D eigenvalue weighted by Gasteiger charge is -2.12. The van der Waals surface area contributed by atoms with Gasteiger partial charge >= 0.3 is 10.1 Å². The number of aromatic amines is 1. The fourth-order valence-electron chi connectivity index (χ4n) is 3.40. The summed E-state index contributed by atoms with van der Waals surface area (Å²) in [7, 11) is -3.65. The van der Waals surface area contributed by atoms with Crippen molar-refractivity contribution in [1.82, 2.24) is 9.97 Å². The molecule has 0 fully saturated rings. The third kappa shape index (κ3) is 2.14. The van der Waals surface area contributed by atoms with Crippen LogP contribution in [0.1, 0.15) is 11.1 Å². The topological polar surface area (TPSA) is 72.0 Å². The molecule has 0 aliphatic carbocycles. The molecule has 4 aromatic rings. The first-order chi connectivity index (χ1) is 11.4. The molecule has 0 atom stereocenters. The molecule has 0 saturated carbocycles. The molecule has 1 N–H and O–H groups in total. The first kappa shape index (κ1) is 15.0. The van der Waals surface area contributed by atoms with Crippen LogP contribution in [-0.4, -0.2) is 24.6 Å². The number of para-hydroxylation sites is 1. The second-order valence-corrected chi connectivity index (χ2v) is 7.57.